The number of anilines is 3. The number of thiazole rings is 1. The van der Waals surface area contributed by atoms with Crippen LogP contribution in [0.2, 0.25) is 0 Å². The fourth-order valence-electron chi connectivity index (χ4n) is 4.07. The molecule has 0 atom stereocenters. The van der Waals surface area contributed by atoms with E-state index in [1.54, 1.807) is 23.1 Å². The molecule has 3 heterocycles. The Morgan fingerprint density at radius 2 is 1.68 bits per heavy atom. The number of carbonyl (C=O) groups excluding carboxylic acids is 1. The molecule has 5 rings (SSSR count). The van der Waals surface area contributed by atoms with Crippen LogP contribution in [0.25, 0.3) is 0 Å². The summed E-state index contributed by atoms with van der Waals surface area (Å²) in [6, 6.07) is 14.1. The van der Waals surface area contributed by atoms with Crippen molar-refractivity contribution in [1.82, 2.24) is 4.98 Å². The summed E-state index contributed by atoms with van der Waals surface area (Å²) in [6.45, 7) is 6.22. The second kappa shape index (κ2) is 11.2. The number of nitrogens with one attached hydrogen (secondary N) is 1. The summed E-state index contributed by atoms with van der Waals surface area (Å²) < 4.78 is 11.1. The number of aromatic nitrogens is 1. The molecule has 0 bridgehead atoms. The number of morpholine rings is 2. The van der Waals surface area contributed by atoms with Crippen molar-refractivity contribution in [3.05, 3.63) is 64.6 Å². The van der Waals surface area contributed by atoms with Gasteiger partial charge in [-0.1, -0.05) is 0 Å². The number of rotatable bonds is 7. The lowest BCUT2D eigenvalue weighted by Gasteiger charge is -2.33. The molecule has 0 saturated carbocycles. The zero-order chi connectivity index (χ0) is 23.2. The number of benzene rings is 2. The Morgan fingerprint density at radius 3 is 2.35 bits per heavy atom. The molecule has 2 fully saturated rings. The van der Waals surface area contributed by atoms with E-state index in [0.29, 0.717) is 18.8 Å². The van der Waals surface area contributed by atoms with Crippen LogP contribution >= 0.6 is 23.1 Å². The van der Waals surface area contributed by atoms with E-state index in [9.17, 15) is 4.79 Å². The fraction of sp³-hybridized carbons (Fsp3) is 0.360. The second-order valence-electron chi connectivity index (χ2n) is 8.15. The van der Waals surface area contributed by atoms with E-state index in [4.69, 9.17) is 9.47 Å². The lowest BCUT2D eigenvalue weighted by Crippen LogP contribution is -2.38. The van der Waals surface area contributed by atoms with Crippen molar-refractivity contribution in [2.45, 2.75) is 10.6 Å². The summed E-state index contributed by atoms with van der Waals surface area (Å²) in [5, 5.41) is 5.21. The van der Waals surface area contributed by atoms with Crippen LogP contribution in [0.4, 0.5) is 17.1 Å². The van der Waals surface area contributed by atoms with Crippen LogP contribution < -0.4 is 15.1 Å². The standard InChI is InChI=1S/C25H28N4O3S2/c30-25(19-1-4-22(5-2-19)34-17-20-16-33-18-26-20)27-23-6-3-21(28-7-11-31-12-8-28)15-24(23)29-9-13-32-14-10-29/h1-6,15-16,18H,7-14,17H2,(H,27,30). The van der Waals surface area contributed by atoms with Gasteiger partial charge in [0.1, 0.15) is 0 Å². The summed E-state index contributed by atoms with van der Waals surface area (Å²) in [5.74, 6) is 0.720. The van der Waals surface area contributed by atoms with Gasteiger partial charge in [0.25, 0.3) is 5.91 Å². The Bertz CT molecular complexity index is 1080. The van der Waals surface area contributed by atoms with Gasteiger partial charge in [0, 0.05) is 53.5 Å². The molecular formula is C25H28N4O3S2. The highest BCUT2D eigenvalue weighted by Crippen LogP contribution is 2.33. The summed E-state index contributed by atoms with van der Waals surface area (Å²) in [6.07, 6.45) is 0. The molecule has 3 aromatic rings. The van der Waals surface area contributed by atoms with Gasteiger partial charge in [-0.2, -0.15) is 0 Å². The van der Waals surface area contributed by atoms with Crippen LogP contribution in [0.1, 0.15) is 16.1 Å². The molecule has 2 aliphatic rings. The second-order valence-corrected chi connectivity index (χ2v) is 9.91. The number of hydrogen-bond acceptors (Lipinski definition) is 8. The van der Waals surface area contributed by atoms with E-state index in [2.05, 4.69) is 37.6 Å². The van der Waals surface area contributed by atoms with Crippen molar-refractivity contribution in [2.24, 2.45) is 0 Å². The average molecular weight is 497 g/mol. The minimum atomic E-state index is -0.107. The summed E-state index contributed by atoms with van der Waals surface area (Å²) in [4.78, 5) is 23.2. The predicted octanol–water partition coefficient (Wildman–Crippen LogP) is 4.36. The zero-order valence-corrected chi connectivity index (χ0v) is 20.6. The molecule has 0 spiro atoms. The molecule has 0 aliphatic carbocycles. The molecule has 2 aromatic carbocycles. The summed E-state index contributed by atoms with van der Waals surface area (Å²) in [7, 11) is 0. The minimum absolute atomic E-state index is 0.107. The number of carbonyl (C=O) groups is 1. The van der Waals surface area contributed by atoms with Crippen LogP contribution in [0, 0.1) is 0 Å². The first-order chi connectivity index (χ1) is 16.8. The van der Waals surface area contributed by atoms with Gasteiger partial charge in [0.05, 0.1) is 49.0 Å². The number of ether oxygens (including phenoxy) is 2. The van der Waals surface area contributed by atoms with Gasteiger partial charge in [-0.05, 0) is 42.5 Å². The van der Waals surface area contributed by atoms with Gasteiger partial charge in [-0.3, -0.25) is 4.79 Å². The van der Waals surface area contributed by atoms with E-state index in [1.807, 2.05) is 35.8 Å². The van der Waals surface area contributed by atoms with Crippen molar-refractivity contribution < 1.29 is 14.3 Å². The summed E-state index contributed by atoms with van der Waals surface area (Å²) in [5.41, 5.74) is 6.59. The molecular weight excluding hydrogens is 468 g/mol. The minimum Gasteiger partial charge on any atom is -0.378 e. The van der Waals surface area contributed by atoms with E-state index >= 15 is 0 Å². The number of nitrogens with zero attached hydrogens (tertiary/aromatic N) is 3. The van der Waals surface area contributed by atoms with E-state index in [0.717, 1.165) is 72.8 Å². The molecule has 0 unspecified atom stereocenters. The maximum atomic E-state index is 13.1. The third-order valence-corrected chi connectivity index (χ3v) is 7.63. The first-order valence-corrected chi connectivity index (χ1v) is 13.4. The first-order valence-electron chi connectivity index (χ1n) is 11.5. The van der Waals surface area contributed by atoms with Crippen LogP contribution in [0.15, 0.2) is 58.3 Å². The molecule has 178 valence electrons. The molecule has 1 aromatic heterocycles. The molecule has 0 radical (unpaired) electrons. The maximum Gasteiger partial charge on any atom is 0.255 e. The fourth-order valence-corrected chi connectivity index (χ4v) is 5.54. The normalized spacial score (nSPS) is 16.5. The van der Waals surface area contributed by atoms with Crippen LogP contribution in [-0.4, -0.2) is 63.5 Å². The average Bonchev–Trinajstić information content (AvgIpc) is 3.43. The van der Waals surface area contributed by atoms with E-state index in [-0.39, 0.29) is 5.91 Å². The first kappa shape index (κ1) is 23.2. The molecule has 1 N–H and O–H groups in total. The van der Waals surface area contributed by atoms with E-state index < -0.39 is 0 Å². The third-order valence-electron chi connectivity index (χ3n) is 5.94. The van der Waals surface area contributed by atoms with Gasteiger partial charge >= 0.3 is 0 Å². The third kappa shape index (κ3) is 5.72. The van der Waals surface area contributed by atoms with Crippen molar-refractivity contribution in [3.63, 3.8) is 0 Å². The lowest BCUT2D eigenvalue weighted by molar-refractivity contribution is 0.102. The Labute approximate surface area is 208 Å². The van der Waals surface area contributed by atoms with Crippen LogP contribution in [0.3, 0.4) is 0 Å². The quantitative estimate of drug-likeness (QED) is 0.488. The zero-order valence-electron chi connectivity index (χ0n) is 18.9. The number of amides is 1. The molecule has 1 amide bonds. The van der Waals surface area contributed by atoms with Crippen LogP contribution in [0.5, 0.6) is 0 Å². The lowest BCUT2D eigenvalue weighted by atomic mass is 10.1. The number of thioether (sulfide) groups is 1. The van der Waals surface area contributed by atoms with Gasteiger partial charge in [-0.25, -0.2) is 4.98 Å². The van der Waals surface area contributed by atoms with Crippen molar-refractivity contribution in [2.75, 3.05) is 67.7 Å². The topological polar surface area (TPSA) is 66.9 Å². The maximum absolute atomic E-state index is 13.1. The highest BCUT2D eigenvalue weighted by atomic mass is 32.2. The largest absolute Gasteiger partial charge is 0.378 e. The monoisotopic (exact) mass is 496 g/mol. The molecule has 2 aliphatic heterocycles. The van der Waals surface area contributed by atoms with Crippen LogP contribution in [-0.2, 0) is 15.2 Å². The molecule has 34 heavy (non-hydrogen) atoms. The predicted molar refractivity (Wildman–Crippen MR) is 139 cm³/mol. The van der Waals surface area contributed by atoms with Crippen molar-refractivity contribution in [1.29, 1.82) is 0 Å². The van der Waals surface area contributed by atoms with Crippen molar-refractivity contribution in [3.8, 4) is 0 Å². The van der Waals surface area contributed by atoms with Gasteiger partial charge < -0.3 is 24.6 Å². The Balaban J connectivity index is 1.30. The van der Waals surface area contributed by atoms with Gasteiger partial charge in [-0.15, -0.1) is 23.1 Å². The highest BCUT2D eigenvalue weighted by Gasteiger charge is 2.20. The SMILES string of the molecule is O=C(Nc1ccc(N2CCOCC2)cc1N1CCOCC1)c1ccc(SCc2cscn2)cc1. The Kier molecular flexibility index (Phi) is 7.65. The molecule has 9 heteroatoms. The Hall–Kier alpha value is -2.59. The Morgan fingerprint density at radius 1 is 0.971 bits per heavy atom. The van der Waals surface area contributed by atoms with Gasteiger partial charge in [0.2, 0.25) is 0 Å². The van der Waals surface area contributed by atoms with Gasteiger partial charge in [0.15, 0.2) is 0 Å². The highest BCUT2D eigenvalue weighted by molar-refractivity contribution is 7.98. The molecule has 2 saturated heterocycles. The van der Waals surface area contributed by atoms with E-state index in [1.165, 1.54) is 0 Å². The number of hydrogen-bond donors (Lipinski definition) is 1. The smallest absolute Gasteiger partial charge is 0.255 e. The van der Waals surface area contributed by atoms with Crippen molar-refractivity contribution >= 4 is 46.1 Å². The molecule has 7 nitrogen and oxygen atoms in total. The summed E-state index contributed by atoms with van der Waals surface area (Å²) >= 11 is 3.33.